The average Bonchev–Trinajstić information content (AvgIpc) is 3.19. The van der Waals surface area contributed by atoms with E-state index >= 15 is 0 Å². The molecular formula is C22H18N6O2S. The first-order valence-corrected chi connectivity index (χ1v) is 10.6. The SMILES string of the molecule is C=CCn1c(=O)c2ccccc2n2c(SCc3cc(=O)n4ccc(C)cc4n3)nnc12. The van der Waals surface area contributed by atoms with Gasteiger partial charge in [0.05, 0.1) is 16.6 Å². The summed E-state index contributed by atoms with van der Waals surface area (Å²) < 4.78 is 4.94. The molecule has 0 bridgehead atoms. The number of hydrogen-bond acceptors (Lipinski definition) is 6. The van der Waals surface area contributed by atoms with Crippen molar-refractivity contribution in [2.45, 2.75) is 24.4 Å². The Hall–Kier alpha value is -3.72. The summed E-state index contributed by atoms with van der Waals surface area (Å²) in [6, 6.07) is 12.7. The molecule has 0 radical (unpaired) electrons. The monoisotopic (exact) mass is 430 g/mol. The Labute approximate surface area is 180 Å². The molecule has 0 spiro atoms. The van der Waals surface area contributed by atoms with Crippen molar-refractivity contribution >= 4 is 34.1 Å². The fourth-order valence-corrected chi connectivity index (χ4v) is 4.42. The second-order valence-corrected chi connectivity index (χ2v) is 8.09. The zero-order valence-corrected chi connectivity index (χ0v) is 17.5. The van der Waals surface area contributed by atoms with E-state index in [-0.39, 0.29) is 11.1 Å². The molecule has 5 rings (SSSR count). The largest absolute Gasteiger partial charge is 0.272 e. The van der Waals surface area contributed by atoms with Crippen LogP contribution in [0.25, 0.3) is 22.3 Å². The van der Waals surface area contributed by atoms with Gasteiger partial charge in [-0.3, -0.25) is 23.0 Å². The smallest absolute Gasteiger partial charge is 0.263 e. The summed E-state index contributed by atoms with van der Waals surface area (Å²) in [6.45, 7) is 6.04. The third kappa shape index (κ3) is 3.23. The summed E-state index contributed by atoms with van der Waals surface area (Å²) in [5, 5.41) is 9.78. The van der Waals surface area contributed by atoms with Crippen LogP contribution in [0.5, 0.6) is 0 Å². The van der Waals surface area contributed by atoms with Crippen molar-refractivity contribution in [2.75, 3.05) is 0 Å². The molecule has 0 unspecified atom stereocenters. The number of para-hydroxylation sites is 1. The van der Waals surface area contributed by atoms with E-state index in [0.29, 0.717) is 40.0 Å². The van der Waals surface area contributed by atoms with E-state index in [1.165, 1.54) is 22.2 Å². The predicted octanol–water partition coefficient (Wildman–Crippen LogP) is 2.84. The van der Waals surface area contributed by atoms with E-state index in [0.717, 1.165) is 11.1 Å². The molecule has 154 valence electrons. The Morgan fingerprint density at radius 2 is 1.97 bits per heavy atom. The van der Waals surface area contributed by atoms with Crippen molar-refractivity contribution in [3.8, 4) is 0 Å². The highest BCUT2D eigenvalue weighted by Gasteiger charge is 2.16. The quantitative estimate of drug-likeness (QED) is 0.315. The first-order chi connectivity index (χ1) is 15.1. The first kappa shape index (κ1) is 19.3. The molecule has 0 saturated carbocycles. The minimum absolute atomic E-state index is 0.128. The van der Waals surface area contributed by atoms with Crippen molar-refractivity contribution in [2.24, 2.45) is 0 Å². The minimum Gasteiger partial charge on any atom is -0.272 e. The van der Waals surface area contributed by atoms with Crippen LogP contribution in [0.15, 0.2) is 76.1 Å². The number of aryl methyl sites for hydroxylation is 1. The standard InChI is InChI=1S/C22H18N6O2S/c1-3-9-27-20(30)16-6-4-5-7-17(16)28-21(27)24-25-22(28)31-13-15-12-19(29)26-10-8-14(2)11-18(26)23-15/h3-8,10-12H,1,9,13H2,2H3. The lowest BCUT2D eigenvalue weighted by atomic mass is 10.2. The number of benzene rings is 1. The van der Waals surface area contributed by atoms with Gasteiger partial charge in [-0.2, -0.15) is 0 Å². The van der Waals surface area contributed by atoms with Gasteiger partial charge in [0, 0.05) is 24.6 Å². The van der Waals surface area contributed by atoms with Crippen molar-refractivity contribution < 1.29 is 0 Å². The zero-order chi connectivity index (χ0) is 21.5. The number of nitrogens with zero attached hydrogens (tertiary/aromatic N) is 6. The number of aromatic nitrogens is 6. The van der Waals surface area contributed by atoms with Crippen LogP contribution in [0.3, 0.4) is 0 Å². The van der Waals surface area contributed by atoms with Gasteiger partial charge in [-0.05, 0) is 36.8 Å². The van der Waals surface area contributed by atoms with Crippen molar-refractivity contribution in [1.82, 2.24) is 28.5 Å². The molecule has 5 aromatic rings. The van der Waals surface area contributed by atoms with Crippen LogP contribution in [0.2, 0.25) is 0 Å². The summed E-state index contributed by atoms with van der Waals surface area (Å²) >= 11 is 1.42. The Balaban J connectivity index is 1.60. The normalized spacial score (nSPS) is 11.5. The van der Waals surface area contributed by atoms with Gasteiger partial charge < -0.3 is 0 Å². The molecule has 4 heterocycles. The third-order valence-corrected chi connectivity index (χ3v) is 5.98. The molecule has 1 aromatic carbocycles. The van der Waals surface area contributed by atoms with Gasteiger partial charge in [0.15, 0.2) is 5.16 Å². The summed E-state index contributed by atoms with van der Waals surface area (Å²) in [6.07, 6.45) is 3.39. The van der Waals surface area contributed by atoms with Gasteiger partial charge in [-0.25, -0.2) is 4.98 Å². The van der Waals surface area contributed by atoms with Gasteiger partial charge in [0.1, 0.15) is 5.65 Å². The van der Waals surface area contributed by atoms with Crippen molar-refractivity contribution in [3.63, 3.8) is 0 Å². The molecule has 0 aliphatic carbocycles. The predicted molar refractivity (Wildman–Crippen MR) is 121 cm³/mol. The first-order valence-electron chi connectivity index (χ1n) is 9.66. The highest BCUT2D eigenvalue weighted by Crippen LogP contribution is 2.24. The molecule has 0 aliphatic rings. The van der Waals surface area contributed by atoms with E-state index in [4.69, 9.17) is 0 Å². The number of pyridine rings is 1. The lowest BCUT2D eigenvalue weighted by Crippen LogP contribution is -2.22. The minimum atomic E-state index is -0.133. The molecule has 0 saturated heterocycles. The van der Waals surface area contributed by atoms with Crippen LogP contribution in [-0.4, -0.2) is 28.5 Å². The van der Waals surface area contributed by atoms with Crippen molar-refractivity contribution in [3.05, 3.63) is 93.3 Å². The maximum Gasteiger partial charge on any atom is 0.263 e. The summed E-state index contributed by atoms with van der Waals surface area (Å²) in [5.74, 6) is 0.892. The van der Waals surface area contributed by atoms with Crippen LogP contribution >= 0.6 is 11.8 Å². The fraction of sp³-hybridized carbons (Fsp3) is 0.136. The van der Waals surface area contributed by atoms with Gasteiger partial charge >= 0.3 is 0 Å². The molecule has 8 nitrogen and oxygen atoms in total. The van der Waals surface area contributed by atoms with E-state index in [1.807, 2.05) is 41.7 Å². The van der Waals surface area contributed by atoms with Gasteiger partial charge in [0.2, 0.25) is 5.78 Å². The number of hydrogen-bond donors (Lipinski definition) is 0. The number of fused-ring (bicyclic) bond motifs is 4. The van der Waals surface area contributed by atoms with Gasteiger partial charge in [-0.15, -0.1) is 16.8 Å². The Morgan fingerprint density at radius 3 is 2.81 bits per heavy atom. The number of allylic oxidation sites excluding steroid dienone is 1. The summed E-state index contributed by atoms with van der Waals surface area (Å²) in [5.41, 5.74) is 2.77. The molecule has 9 heteroatoms. The van der Waals surface area contributed by atoms with E-state index < -0.39 is 0 Å². The topological polar surface area (TPSA) is 86.6 Å². The Kier molecular flexibility index (Phi) is 4.67. The Morgan fingerprint density at radius 1 is 1.13 bits per heavy atom. The van der Waals surface area contributed by atoms with Gasteiger partial charge in [0.25, 0.3) is 11.1 Å². The molecule has 0 aliphatic heterocycles. The second-order valence-electron chi connectivity index (χ2n) is 7.15. The lowest BCUT2D eigenvalue weighted by Gasteiger charge is -2.09. The molecule has 0 atom stereocenters. The molecule has 0 fully saturated rings. The molecule has 4 aromatic heterocycles. The fourth-order valence-electron chi connectivity index (χ4n) is 3.59. The number of rotatable bonds is 5. The summed E-state index contributed by atoms with van der Waals surface area (Å²) in [7, 11) is 0. The van der Waals surface area contributed by atoms with Crippen LogP contribution < -0.4 is 11.1 Å². The van der Waals surface area contributed by atoms with Crippen molar-refractivity contribution in [1.29, 1.82) is 0 Å². The van der Waals surface area contributed by atoms with Crippen LogP contribution in [-0.2, 0) is 12.3 Å². The van der Waals surface area contributed by atoms with Gasteiger partial charge in [-0.1, -0.05) is 30.0 Å². The lowest BCUT2D eigenvalue weighted by molar-refractivity contribution is 0.783. The molecule has 0 amide bonds. The maximum atomic E-state index is 12.9. The molecule has 0 N–H and O–H groups in total. The third-order valence-electron chi connectivity index (χ3n) is 5.01. The maximum absolute atomic E-state index is 12.9. The van der Waals surface area contributed by atoms with Crippen LogP contribution in [0.4, 0.5) is 0 Å². The number of thioether (sulfide) groups is 1. The van der Waals surface area contributed by atoms with Crippen LogP contribution in [0.1, 0.15) is 11.3 Å². The van der Waals surface area contributed by atoms with E-state index in [2.05, 4.69) is 21.8 Å². The highest BCUT2D eigenvalue weighted by atomic mass is 32.2. The highest BCUT2D eigenvalue weighted by molar-refractivity contribution is 7.98. The van der Waals surface area contributed by atoms with Crippen LogP contribution in [0, 0.1) is 6.92 Å². The van der Waals surface area contributed by atoms with E-state index in [9.17, 15) is 9.59 Å². The second kappa shape index (κ2) is 7.51. The Bertz CT molecular complexity index is 1600. The van der Waals surface area contributed by atoms with E-state index in [1.54, 1.807) is 22.9 Å². The summed E-state index contributed by atoms with van der Waals surface area (Å²) in [4.78, 5) is 30.0. The zero-order valence-electron chi connectivity index (χ0n) is 16.7. The average molecular weight is 430 g/mol. The molecule has 31 heavy (non-hydrogen) atoms. The molecular weight excluding hydrogens is 412 g/mol.